The molecular formula is C16H12F4N4O2S. The number of nitrogens with one attached hydrogen (secondary N) is 1. The molecule has 3 aromatic rings. The van der Waals surface area contributed by atoms with Gasteiger partial charge in [-0.25, -0.2) is 22.8 Å². The van der Waals surface area contributed by atoms with Crippen molar-refractivity contribution >= 4 is 15.5 Å². The van der Waals surface area contributed by atoms with Gasteiger partial charge in [-0.15, -0.1) is 0 Å². The molecule has 0 saturated carbocycles. The molecule has 0 radical (unpaired) electrons. The summed E-state index contributed by atoms with van der Waals surface area (Å²) in [6.07, 6.45) is 6.23. The first kappa shape index (κ1) is 18.8. The van der Waals surface area contributed by atoms with Crippen LogP contribution in [0.3, 0.4) is 0 Å². The van der Waals surface area contributed by atoms with E-state index in [1.54, 1.807) is 29.1 Å². The van der Waals surface area contributed by atoms with E-state index in [0.717, 1.165) is 12.1 Å². The lowest BCUT2D eigenvalue weighted by molar-refractivity contribution is -0.0435. The van der Waals surface area contributed by atoms with Crippen LogP contribution in [0.5, 0.6) is 0 Å². The minimum Gasteiger partial charge on any atom is -0.380 e. The van der Waals surface area contributed by atoms with Gasteiger partial charge in [0.2, 0.25) is 0 Å². The van der Waals surface area contributed by atoms with E-state index in [4.69, 9.17) is 0 Å². The third-order valence-electron chi connectivity index (χ3n) is 3.60. The van der Waals surface area contributed by atoms with Crippen LogP contribution in [-0.2, 0) is 16.4 Å². The maximum atomic E-state index is 13.4. The first-order valence-corrected chi connectivity index (χ1v) is 8.95. The third-order valence-corrected chi connectivity index (χ3v) is 5.13. The van der Waals surface area contributed by atoms with E-state index in [1.165, 1.54) is 12.5 Å². The largest absolute Gasteiger partial charge is 0.501 e. The van der Waals surface area contributed by atoms with Crippen molar-refractivity contribution in [3.8, 4) is 5.82 Å². The number of hydrogen-bond acceptors (Lipinski definition) is 5. The third kappa shape index (κ3) is 3.92. The Hall–Kier alpha value is -2.95. The van der Waals surface area contributed by atoms with Gasteiger partial charge in [-0.2, -0.15) is 13.2 Å². The lowest BCUT2D eigenvalue weighted by Crippen LogP contribution is -2.24. The number of rotatable bonds is 5. The lowest BCUT2D eigenvalue weighted by Gasteiger charge is -2.14. The fourth-order valence-corrected chi connectivity index (χ4v) is 3.24. The van der Waals surface area contributed by atoms with Crippen molar-refractivity contribution in [3.63, 3.8) is 0 Å². The summed E-state index contributed by atoms with van der Waals surface area (Å²) >= 11 is 0. The van der Waals surface area contributed by atoms with Crippen LogP contribution in [0.2, 0.25) is 0 Å². The molecule has 0 fully saturated rings. The average molecular weight is 400 g/mol. The monoisotopic (exact) mass is 400 g/mol. The molecule has 1 N–H and O–H groups in total. The minimum atomic E-state index is -5.70. The summed E-state index contributed by atoms with van der Waals surface area (Å²) in [5.41, 5.74) is -5.27. The molecule has 0 aliphatic rings. The van der Waals surface area contributed by atoms with Crippen molar-refractivity contribution < 1.29 is 26.0 Å². The number of hydrogen-bond donors (Lipinski definition) is 1. The predicted molar refractivity (Wildman–Crippen MR) is 88.3 cm³/mol. The van der Waals surface area contributed by atoms with Crippen LogP contribution in [0, 0.1) is 5.82 Å². The van der Waals surface area contributed by atoms with Crippen molar-refractivity contribution in [1.82, 2.24) is 14.5 Å². The summed E-state index contributed by atoms with van der Waals surface area (Å²) in [5.74, 6) is -0.566. The van der Waals surface area contributed by atoms with Crippen LogP contribution in [-0.4, -0.2) is 28.5 Å². The molecule has 0 bridgehead atoms. The Bertz CT molecular complexity index is 1050. The van der Waals surface area contributed by atoms with Crippen LogP contribution in [0.25, 0.3) is 5.82 Å². The molecule has 142 valence electrons. The van der Waals surface area contributed by atoms with Crippen molar-refractivity contribution in [2.75, 3.05) is 5.32 Å². The number of halogens is 4. The zero-order valence-electron chi connectivity index (χ0n) is 13.5. The van der Waals surface area contributed by atoms with Gasteiger partial charge in [-0.3, -0.25) is 4.57 Å². The molecule has 0 saturated heterocycles. The Kier molecular flexibility index (Phi) is 4.87. The number of aromatic nitrogens is 3. The lowest BCUT2D eigenvalue weighted by atomic mass is 10.2. The number of sulfone groups is 1. The number of imidazole rings is 1. The molecule has 27 heavy (non-hydrogen) atoms. The Morgan fingerprint density at radius 1 is 1.11 bits per heavy atom. The second kappa shape index (κ2) is 6.99. The molecule has 2 heterocycles. The summed E-state index contributed by atoms with van der Waals surface area (Å²) < 4.78 is 76.9. The summed E-state index contributed by atoms with van der Waals surface area (Å²) in [6, 6.07) is 5.42. The molecule has 2 aromatic heterocycles. The number of benzene rings is 1. The quantitative estimate of drug-likeness (QED) is 0.665. The average Bonchev–Trinajstić information content (AvgIpc) is 3.14. The molecule has 1 aromatic carbocycles. The molecule has 0 atom stereocenters. The highest BCUT2D eigenvalue weighted by Gasteiger charge is 2.48. The van der Waals surface area contributed by atoms with E-state index in [0.29, 0.717) is 17.4 Å². The standard InChI is InChI=1S/C16H12F4N4O2S/c17-12-1-2-13(14(8-12)27(25,26)16(18,19)20)23-9-11-3-4-22-15(7-11)24-6-5-21-10-24/h1-8,10,23H,9H2. The van der Waals surface area contributed by atoms with Crippen LogP contribution in [0.1, 0.15) is 5.56 Å². The molecule has 3 rings (SSSR count). The minimum absolute atomic E-state index is 0.00374. The van der Waals surface area contributed by atoms with E-state index >= 15 is 0 Å². The highest BCUT2D eigenvalue weighted by Crippen LogP contribution is 2.35. The Morgan fingerprint density at radius 3 is 2.56 bits per heavy atom. The van der Waals surface area contributed by atoms with Crippen LogP contribution < -0.4 is 5.32 Å². The first-order chi connectivity index (χ1) is 12.7. The summed E-state index contributed by atoms with van der Waals surface area (Å²) in [6.45, 7) is -0.00374. The van der Waals surface area contributed by atoms with Gasteiger partial charge in [0.25, 0.3) is 9.84 Å². The SMILES string of the molecule is O=S(=O)(c1cc(F)ccc1NCc1ccnc(-n2ccnc2)c1)C(F)(F)F. The van der Waals surface area contributed by atoms with Crippen LogP contribution >= 0.6 is 0 Å². The molecule has 0 unspecified atom stereocenters. The maximum Gasteiger partial charge on any atom is 0.501 e. The summed E-state index contributed by atoms with van der Waals surface area (Å²) in [4.78, 5) is 6.86. The highest BCUT2D eigenvalue weighted by molar-refractivity contribution is 7.92. The molecule has 0 aliphatic heterocycles. The second-order valence-electron chi connectivity index (χ2n) is 5.44. The van der Waals surface area contributed by atoms with E-state index in [-0.39, 0.29) is 12.2 Å². The molecule has 0 aliphatic carbocycles. The fraction of sp³-hybridized carbons (Fsp3) is 0.125. The van der Waals surface area contributed by atoms with Gasteiger partial charge in [0.1, 0.15) is 22.9 Å². The van der Waals surface area contributed by atoms with Crippen molar-refractivity contribution in [3.05, 3.63) is 66.6 Å². The van der Waals surface area contributed by atoms with Crippen LogP contribution in [0.15, 0.2) is 60.1 Å². The van der Waals surface area contributed by atoms with E-state index in [2.05, 4.69) is 15.3 Å². The highest BCUT2D eigenvalue weighted by atomic mass is 32.2. The Labute approximate surface area is 151 Å². The molecule has 6 nitrogen and oxygen atoms in total. The Balaban J connectivity index is 1.89. The number of pyridine rings is 1. The van der Waals surface area contributed by atoms with E-state index in [1.807, 2.05) is 0 Å². The molecule has 0 amide bonds. The number of anilines is 1. The zero-order valence-corrected chi connectivity index (χ0v) is 14.3. The van der Waals surface area contributed by atoms with Gasteiger partial charge < -0.3 is 5.32 Å². The van der Waals surface area contributed by atoms with E-state index < -0.39 is 26.1 Å². The van der Waals surface area contributed by atoms with Gasteiger partial charge >= 0.3 is 5.51 Å². The van der Waals surface area contributed by atoms with Gasteiger partial charge in [-0.05, 0) is 35.9 Å². The predicted octanol–water partition coefficient (Wildman–Crippen LogP) is 3.31. The molecule has 0 spiro atoms. The van der Waals surface area contributed by atoms with Gasteiger partial charge in [0.05, 0.1) is 5.69 Å². The normalized spacial score (nSPS) is 12.1. The second-order valence-corrected chi connectivity index (χ2v) is 7.35. The van der Waals surface area contributed by atoms with Crippen molar-refractivity contribution in [2.45, 2.75) is 16.9 Å². The maximum absolute atomic E-state index is 13.4. The topological polar surface area (TPSA) is 76.9 Å². The van der Waals surface area contributed by atoms with Gasteiger partial charge in [0, 0.05) is 25.1 Å². The number of alkyl halides is 3. The summed E-state index contributed by atoms with van der Waals surface area (Å²) in [5, 5.41) is 2.61. The van der Waals surface area contributed by atoms with Gasteiger partial charge in [-0.1, -0.05) is 0 Å². The fourth-order valence-electron chi connectivity index (χ4n) is 2.29. The van der Waals surface area contributed by atoms with Crippen molar-refractivity contribution in [1.29, 1.82) is 0 Å². The molecular weight excluding hydrogens is 388 g/mol. The van der Waals surface area contributed by atoms with Crippen LogP contribution in [0.4, 0.5) is 23.2 Å². The first-order valence-electron chi connectivity index (χ1n) is 7.46. The number of nitrogens with zero attached hydrogens (tertiary/aromatic N) is 3. The molecule has 11 heteroatoms. The Morgan fingerprint density at radius 2 is 1.89 bits per heavy atom. The smallest absolute Gasteiger partial charge is 0.380 e. The zero-order chi connectivity index (χ0) is 19.7. The van der Waals surface area contributed by atoms with Crippen molar-refractivity contribution in [2.24, 2.45) is 0 Å². The van der Waals surface area contributed by atoms with Gasteiger partial charge in [0.15, 0.2) is 0 Å². The summed E-state index contributed by atoms with van der Waals surface area (Å²) in [7, 11) is -5.70. The van der Waals surface area contributed by atoms with E-state index in [9.17, 15) is 26.0 Å².